The van der Waals surface area contributed by atoms with E-state index < -0.39 is 16.1 Å². The second-order valence-corrected chi connectivity index (χ2v) is 14.5. The summed E-state index contributed by atoms with van der Waals surface area (Å²) in [4.78, 5) is 29.5. The average Bonchev–Trinajstić information content (AvgIpc) is 3.48. The normalized spacial score (nSPS) is 14.3. The van der Waals surface area contributed by atoms with Crippen LogP contribution in [0.1, 0.15) is 55.2 Å². The zero-order valence-corrected chi connectivity index (χ0v) is 27.8. The van der Waals surface area contributed by atoms with E-state index in [2.05, 4.69) is 21.2 Å². The molecular formula is C33H39BrClN3O4S. The Balaban J connectivity index is 1.59. The first-order valence-corrected chi connectivity index (χ1v) is 17.7. The number of amides is 2. The van der Waals surface area contributed by atoms with E-state index in [1.807, 2.05) is 61.5 Å². The SMILES string of the molecule is Cc1ccc(Cl)cc1N(CCCC(=O)N(Cc1ccc(Br)cc1)[C@H](Cc1ccccc1)C(=O)NC1CCCC1)S(C)(=O)=O. The fourth-order valence-electron chi connectivity index (χ4n) is 5.54. The zero-order chi connectivity index (χ0) is 31.0. The number of hydrogen-bond donors (Lipinski definition) is 1. The number of nitrogens with zero attached hydrogens (tertiary/aromatic N) is 2. The molecule has 0 radical (unpaired) electrons. The standard InChI is InChI=1S/C33H39BrClN3O4S/c1-24-14-19-28(35)22-30(24)38(43(2,41)42)20-8-13-32(39)37(23-26-15-17-27(34)18-16-26)31(21-25-9-4-3-5-10-25)33(40)36-29-11-6-7-12-29/h3-5,9-10,14-19,22,29,31H,6-8,11-13,20-21,23H2,1-2H3,(H,36,40)/t31-/m1/s1. The van der Waals surface area contributed by atoms with Crippen molar-refractivity contribution >= 4 is 55.1 Å². The maximum atomic E-state index is 14.0. The van der Waals surface area contributed by atoms with Crippen molar-refractivity contribution in [2.24, 2.45) is 0 Å². The van der Waals surface area contributed by atoms with E-state index in [-0.39, 0.29) is 43.8 Å². The van der Waals surface area contributed by atoms with E-state index >= 15 is 0 Å². The van der Waals surface area contributed by atoms with Crippen LogP contribution in [0.4, 0.5) is 5.69 Å². The van der Waals surface area contributed by atoms with Crippen LogP contribution in [-0.2, 0) is 32.6 Å². The average molecular weight is 689 g/mol. The fraction of sp³-hybridized carbons (Fsp3) is 0.394. The molecule has 0 spiro atoms. The minimum Gasteiger partial charge on any atom is -0.352 e. The Morgan fingerprint density at radius 3 is 2.33 bits per heavy atom. The van der Waals surface area contributed by atoms with Crippen LogP contribution in [0.25, 0.3) is 0 Å². The number of carbonyl (C=O) groups excluding carboxylic acids is 2. The Morgan fingerprint density at radius 2 is 1.67 bits per heavy atom. The van der Waals surface area contributed by atoms with E-state index in [4.69, 9.17) is 11.6 Å². The molecule has 7 nitrogen and oxygen atoms in total. The molecule has 0 bridgehead atoms. The molecule has 1 saturated carbocycles. The maximum absolute atomic E-state index is 14.0. The molecule has 0 unspecified atom stereocenters. The fourth-order valence-corrected chi connectivity index (χ4v) is 6.99. The third kappa shape index (κ3) is 9.55. The Morgan fingerprint density at radius 1 is 1.00 bits per heavy atom. The van der Waals surface area contributed by atoms with E-state index in [1.165, 1.54) is 4.31 Å². The number of sulfonamides is 1. The molecule has 1 aliphatic carbocycles. The number of nitrogens with one attached hydrogen (secondary N) is 1. The lowest BCUT2D eigenvalue weighted by molar-refractivity contribution is -0.141. The van der Waals surface area contributed by atoms with Crippen LogP contribution < -0.4 is 9.62 Å². The highest BCUT2D eigenvalue weighted by Gasteiger charge is 2.32. The highest BCUT2D eigenvalue weighted by Crippen LogP contribution is 2.27. The minimum atomic E-state index is -3.63. The van der Waals surface area contributed by atoms with E-state index in [0.717, 1.165) is 53.1 Å². The predicted octanol–water partition coefficient (Wildman–Crippen LogP) is 6.66. The van der Waals surface area contributed by atoms with Crippen molar-refractivity contribution in [3.05, 3.63) is 99.0 Å². The molecule has 3 aromatic carbocycles. The molecule has 1 aliphatic rings. The Hall–Kier alpha value is -2.88. The molecule has 10 heteroatoms. The van der Waals surface area contributed by atoms with Gasteiger partial charge in [0.25, 0.3) is 0 Å². The Bertz CT molecular complexity index is 1500. The number of aryl methyl sites for hydroxylation is 1. The topological polar surface area (TPSA) is 86.8 Å². The van der Waals surface area contributed by atoms with Gasteiger partial charge in [0.1, 0.15) is 6.04 Å². The quantitative estimate of drug-likeness (QED) is 0.218. The molecule has 0 aromatic heterocycles. The maximum Gasteiger partial charge on any atom is 0.243 e. The van der Waals surface area contributed by atoms with Gasteiger partial charge in [0, 0.05) is 41.5 Å². The van der Waals surface area contributed by atoms with Gasteiger partial charge in [-0.3, -0.25) is 13.9 Å². The van der Waals surface area contributed by atoms with Gasteiger partial charge in [-0.1, -0.05) is 88.9 Å². The summed E-state index contributed by atoms with van der Waals surface area (Å²) in [6, 6.07) is 21.9. The summed E-state index contributed by atoms with van der Waals surface area (Å²) in [5.41, 5.74) is 3.12. The Kier molecular flexibility index (Phi) is 11.7. The summed E-state index contributed by atoms with van der Waals surface area (Å²) in [5, 5.41) is 3.65. The number of benzene rings is 3. The number of halogens is 2. The molecule has 1 atom stereocenters. The first kappa shape index (κ1) is 33.0. The molecule has 3 aromatic rings. The van der Waals surface area contributed by atoms with Gasteiger partial charge in [-0.15, -0.1) is 0 Å². The number of hydrogen-bond acceptors (Lipinski definition) is 4. The van der Waals surface area contributed by atoms with Crippen LogP contribution in [0.15, 0.2) is 77.3 Å². The van der Waals surface area contributed by atoms with Crippen LogP contribution in [0.2, 0.25) is 5.02 Å². The number of rotatable bonds is 13. The minimum absolute atomic E-state index is 0.0736. The lowest BCUT2D eigenvalue weighted by Crippen LogP contribution is -2.52. The molecule has 0 saturated heterocycles. The van der Waals surface area contributed by atoms with E-state index in [0.29, 0.717) is 17.1 Å². The largest absolute Gasteiger partial charge is 0.352 e. The summed E-state index contributed by atoms with van der Waals surface area (Å²) in [6.45, 7) is 2.19. The Labute approximate surface area is 268 Å². The molecular weight excluding hydrogens is 650 g/mol. The molecule has 1 N–H and O–H groups in total. The smallest absolute Gasteiger partial charge is 0.243 e. The monoisotopic (exact) mass is 687 g/mol. The summed E-state index contributed by atoms with van der Waals surface area (Å²) in [7, 11) is -3.63. The molecule has 0 aliphatic heterocycles. The number of carbonyl (C=O) groups is 2. The first-order chi connectivity index (χ1) is 20.5. The van der Waals surface area contributed by atoms with Crippen LogP contribution >= 0.6 is 27.5 Å². The molecule has 4 rings (SSSR count). The molecule has 2 amide bonds. The molecule has 230 valence electrons. The highest BCUT2D eigenvalue weighted by molar-refractivity contribution is 9.10. The molecule has 1 fully saturated rings. The van der Waals surface area contributed by atoms with Crippen molar-refractivity contribution < 1.29 is 18.0 Å². The summed E-state index contributed by atoms with van der Waals surface area (Å²) >= 11 is 9.66. The predicted molar refractivity (Wildman–Crippen MR) is 177 cm³/mol. The van der Waals surface area contributed by atoms with Gasteiger partial charge in [0.05, 0.1) is 11.9 Å². The second-order valence-electron chi connectivity index (χ2n) is 11.2. The zero-order valence-electron chi connectivity index (χ0n) is 24.6. The van der Waals surface area contributed by atoms with Gasteiger partial charge in [-0.05, 0) is 67.1 Å². The van der Waals surface area contributed by atoms with Crippen molar-refractivity contribution in [3.63, 3.8) is 0 Å². The van der Waals surface area contributed by atoms with Crippen molar-refractivity contribution in [1.29, 1.82) is 0 Å². The number of anilines is 1. The van der Waals surface area contributed by atoms with Crippen LogP contribution in [0, 0.1) is 6.92 Å². The second kappa shape index (κ2) is 15.2. The summed E-state index contributed by atoms with van der Waals surface area (Å²) in [5.74, 6) is -0.366. The third-order valence-corrected chi connectivity index (χ3v) is 9.77. The van der Waals surface area contributed by atoms with Gasteiger partial charge >= 0.3 is 0 Å². The van der Waals surface area contributed by atoms with Crippen molar-refractivity contribution in [1.82, 2.24) is 10.2 Å². The lowest BCUT2D eigenvalue weighted by Gasteiger charge is -2.33. The van der Waals surface area contributed by atoms with Crippen molar-refractivity contribution in [2.75, 3.05) is 17.1 Å². The van der Waals surface area contributed by atoms with Gasteiger partial charge in [-0.2, -0.15) is 0 Å². The summed E-state index contributed by atoms with van der Waals surface area (Å²) in [6.07, 6.45) is 5.92. The van der Waals surface area contributed by atoms with Crippen molar-refractivity contribution in [2.45, 2.75) is 70.5 Å². The lowest BCUT2D eigenvalue weighted by atomic mass is 10.0. The molecule has 0 heterocycles. The van der Waals surface area contributed by atoms with Gasteiger partial charge in [0.15, 0.2) is 0 Å². The van der Waals surface area contributed by atoms with Gasteiger partial charge < -0.3 is 10.2 Å². The van der Waals surface area contributed by atoms with E-state index in [1.54, 1.807) is 23.1 Å². The highest BCUT2D eigenvalue weighted by atomic mass is 79.9. The van der Waals surface area contributed by atoms with Crippen LogP contribution in [-0.4, -0.2) is 50.0 Å². The van der Waals surface area contributed by atoms with Gasteiger partial charge in [-0.25, -0.2) is 8.42 Å². The summed E-state index contributed by atoms with van der Waals surface area (Å²) < 4.78 is 27.8. The van der Waals surface area contributed by atoms with Gasteiger partial charge in [0.2, 0.25) is 21.8 Å². The van der Waals surface area contributed by atoms with Crippen molar-refractivity contribution in [3.8, 4) is 0 Å². The molecule has 43 heavy (non-hydrogen) atoms. The van der Waals surface area contributed by atoms with Crippen LogP contribution in [0.5, 0.6) is 0 Å². The van der Waals surface area contributed by atoms with Crippen LogP contribution in [0.3, 0.4) is 0 Å². The third-order valence-electron chi connectivity index (χ3n) is 7.83. The van der Waals surface area contributed by atoms with E-state index in [9.17, 15) is 18.0 Å². The first-order valence-electron chi connectivity index (χ1n) is 14.6.